The number of hydrogen-bond acceptors (Lipinski definition) is 2. The molecule has 2 aliphatic heterocycles. The van der Waals surface area contributed by atoms with Gasteiger partial charge in [-0.1, -0.05) is 24.3 Å². The molecule has 2 aromatic rings. The lowest BCUT2D eigenvalue weighted by Crippen LogP contribution is -2.15. The normalized spacial score (nSPS) is 17.8. The maximum absolute atomic E-state index is 5.96. The van der Waals surface area contributed by atoms with Crippen LogP contribution in [-0.4, -0.2) is 19.8 Å². The van der Waals surface area contributed by atoms with Crippen LogP contribution in [0.4, 0.5) is 0 Å². The van der Waals surface area contributed by atoms with Crippen molar-refractivity contribution in [1.29, 1.82) is 0 Å². The van der Waals surface area contributed by atoms with Crippen molar-refractivity contribution in [2.24, 2.45) is 0 Å². The van der Waals surface area contributed by atoms with Crippen LogP contribution >= 0.6 is 22.6 Å². The molecular weight excluding hydrogens is 399 g/mol. The highest BCUT2D eigenvalue weighted by atomic mass is 127. The lowest BCUT2D eigenvalue weighted by molar-refractivity contribution is 0.0847. The standard InChI is InChI=1S/C20H21IO2/c21-18-3-1-14(2-4-18)11-15-12-17-7-10-23-20(17)19(13-15)16-5-8-22-9-6-16/h1-4,12-13,16H,5-11H2. The van der Waals surface area contributed by atoms with Crippen molar-refractivity contribution < 1.29 is 9.47 Å². The first-order chi connectivity index (χ1) is 11.3. The van der Waals surface area contributed by atoms with E-state index in [1.165, 1.54) is 31.6 Å². The Labute approximate surface area is 151 Å². The molecule has 0 atom stereocenters. The molecule has 0 saturated carbocycles. The van der Waals surface area contributed by atoms with E-state index < -0.39 is 0 Å². The Bertz CT molecular complexity index is 688. The summed E-state index contributed by atoms with van der Waals surface area (Å²) in [6.45, 7) is 2.58. The van der Waals surface area contributed by atoms with E-state index >= 15 is 0 Å². The lowest BCUT2D eigenvalue weighted by atomic mass is 9.87. The molecule has 1 saturated heterocycles. The Morgan fingerprint density at radius 1 is 0.957 bits per heavy atom. The van der Waals surface area contributed by atoms with Gasteiger partial charge in [0.15, 0.2) is 0 Å². The topological polar surface area (TPSA) is 18.5 Å². The van der Waals surface area contributed by atoms with Gasteiger partial charge < -0.3 is 9.47 Å². The summed E-state index contributed by atoms with van der Waals surface area (Å²) in [6, 6.07) is 13.6. The number of halogens is 1. The Hall–Kier alpha value is -1.07. The molecule has 0 aliphatic carbocycles. The largest absolute Gasteiger partial charge is 0.493 e. The second kappa shape index (κ2) is 6.81. The average molecular weight is 420 g/mol. The zero-order chi connectivity index (χ0) is 15.6. The van der Waals surface area contributed by atoms with Gasteiger partial charge in [0.1, 0.15) is 5.75 Å². The molecular formula is C20H21IO2. The molecule has 120 valence electrons. The summed E-state index contributed by atoms with van der Waals surface area (Å²) in [5, 5.41) is 0. The molecule has 0 unspecified atom stereocenters. The minimum atomic E-state index is 0.590. The molecule has 2 heterocycles. The molecule has 0 aromatic heterocycles. The van der Waals surface area contributed by atoms with Crippen molar-refractivity contribution in [1.82, 2.24) is 0 Å². The minimum absolute atomic E-state index is 0.590. The Balaban J connectivity index is 1.66. The van der Waals surface area contributed by atoms with E-state index in [1.807, 2.05) is 0 Å². The first-order valence-electron chi connectivity index (χ1n) is 8.40. The van der Waals surface area contributed by atoms with E-state index in [0.29, 0.717) is 5.92 Å². The van der Waals surface area contributed by atoms with Crippen LogP contribution in [0.15, 0.2) is 36.4 Å². The fraction of sp³-hybridized carbons (Fsp3) is 0.400. The van der Waals surface area contributed by atoms with Crippen molar-refractivity contribution in [3.63, 3.8) is 0 Å². The first kappa shape index (κ1) is 15.5. The molecule has 0 radical (unpaired) electrons. The van der Waals surface area contributed by atoms with Gasteiger partial charge in [-0.3, -0.25) is 0 Å². The van der Waals surface area contributed by atoms with Crippen LogP contribution in [0.1, 0.15) is 41.0 Å². The quantitative estimate of drug-likeness (QED) is 0.670. The molecule has 0 amide bonds. The van der Waals surface area contributed by atoms with Crippen molar-refractivity contribution >= 4 is 22.6 Å². The van der Waals surface area contributed by atoms with Gasteiger partial charge in [0.25, 0.3) is 0 Å². The lowest BCUT2D eigenvalue weighted by Gasteiger charge is -2.24. The zero-order valence-corrected chi connectivity index (χ0v) is 15.3. The molecule has 1 fully saturated rings. The Kier molecular flexibility index (Phi) is 4.58. The Morgan fingerprint density at radius 3 is 2.52 bits per heavy atom. The third kappa shape index (κ3) is 3.41. The van der Waals surface area contributed by atoms with Crippen molar-refractivity contribution in [3.8, 4) is 5.75 Å². The molecule has 23 heavy (non-hydrogen) atoms. The summed E-state index contributed by atoms with van der Waals surface area (Å²) in [6.07, 6.45) is 4.28. The summed E-state index contributed by atoms with van der Waals surface area (Å²) in [4.78, 5) is 0. The molecule has 2 aliphatic rings. The fourth-order valence-electron chi connectivity index (χ4n) is 3.66. The van der Waals surface area contributed by atoms with E-state index in [9.17, 15) is 0 Å². The highest BCUT2D eigenvalue weighted by Gasteiger charge is 2.25. The van der Waals surface area contributed by atoms with Crippen LogP contribution in [0.5, 0.6) is 5.75 Å². The summed E-state index contributed by atoms with van der Waals surface area (Å²) >= 11 is 2.36. The highest BCUT2D eigenvalue weighted by molar-refractivity contribution is 14.1. The van der Waals surface area contributed by atoms with E-state index in [-0.39, 0.29) is 0 Å². The second-order valence-electron chi connectivity index (χ2n) is 6.46. The first-order valence-corrected chi connectivity index (χ1v) is 9.48. The molecule has 0 spiro atoms. The molecule has 3 heteroatoms. The van der Waals surface area contributed by atoms with E-state index in [2.05, 4.69) is 59.0 Å². The SMILES string of the molecule is Ic1ccc(Cc2cc3c(c(C4CCOCC4)c2)OCC3)cc1. The second-order valence-corrected chi connectivity index (χ2v) is 7.71. The summed E-state index contributed by atoms with van der Waals surface area (Å²) in [7, 11) is 0. The maximum Gasteiger partial charge on any atom is 0.126 e. The van der Waals surface area contributed by atoms with Crippen molar-refractivity contribution in [3.05, 3.63) is 62.2 Å². The molecule has 2 nitrogen and oxygen atoms in total. The van der Waals surface area contributed by atoms with E-state index in [1.54, 1.807) is 0 Å². The van der Waals surface area contributed by atoms with Crippen LogP contribution in [0.3, 0.4) is 0 Å². The number of ether oxygens (including phenoxy) is 2. The number of benzene rings is 2. The fourth-order valence-corrected chi connectivity index (χ4v) is 4.02. The molecule has 0 bridgehead atoms. The number of fused-ring (bicyclic) bond motifs is 1. The average Bonchev–Trinajstić information content (AvgIpc) is 3.05. The summed E-state index contributed by atoms with van der Waals surface area (Å²) in [5.74, 6) is 1.76. The molecule has 0 N–H and O–H groups in total. The van der Waals surface area contributed by atoms with Crippen LogP contribution in [0, 0.1) is 3.57 Å². The monoisotopic (exact) mass is 420 g/mol. The van der Waals surface area contributed by atoms with E-state index in [4.69, 9.17) is 9.47 Å². The predicted molar refractivity (Wildman–Crippen MR) is 100 cm³/mol. The van der Waals surface area contributed by atoms with Crippen LogP contribution in [0.25, 0.3) is 0 Å². The Morgan fingerprint density at radius 2 is 1.74 bits per heavy atom. The van der Waals surface area contributed by atoms with Gasteiger partial charge in [-0.15, -0.1) is 0 Å². The number of rotatable bonds is 3. The van der Waals surface area contributed by atoms with Crippen molar-refractivity contribution in [2.75, 3.05) is 19.8 Å². The summed E-state index contributed by atoms with van der Waals surface area (Å²) in [5.41, 5.74) is 5.61. The van der Waals surface area contributed by atoms with Gasteiger partial charge in [-0.25, -0.2) is 0 Å². The zero-order valence-electron chi connectivity index (χ0n) is 13.2. The van der Waals surface area contributed by atoms with Gasteiger partial charge >= 0.3 is 0 Å². The highest BCUT2D eigenvalue weighted by Crippen LogP contribution is 2.39. The number of hydrogen-bond donors (Lipinski definition) is 0. The van der Waals surface area contributed by atoms with Gasteiger partial charge in [-0.2, -0.15) is 0 Å². The van der Waals surface area contributed by atoms with Crippen LogP contribution < -0.4 is 4.74 Å². The van der Waals surface area contributed by atoms with E-state index in [0.717, 1.165) is 45.5 Å². The maximum atomic E-state index is 5.96. The smallest absolute Gasteiger partial charge is 0.126 e. The van der Waals surface area contributed by atoms with Gasteiger partial charge in [0, 0.05) is 23.2 Å². The molecule has 4 rings (SSSR count). The van der Waals surface area contributed by atoms with Crippen LogP contribution in [-0.2, 0) is 17.6 Å². The van der Waals surface area contributed by atoms with Gasteiger partial charge in [-0.05, 0) is 82.2 Å². The third-order valence-electron chi connectivity index (χ3n) is 4.85. The molecule has 2 aromatic carbocycles. The predicted octanol–water partition coefficient (Wildman–Crippen LogP) is 4.71. The summed E-state index contributed by atoms with van der Waals surface area (Å²) < 4.78 is 12.8. The minimum Gasteiger partial charge on any atom is -0.493 e. The van der Waals surface area contributed by atoms with Gasteiger partial charge in [0.2, 0.25) is 0 Å². The van der Waals surface area contributed by atoms with Crippen LogP contribution in [0.2, 0.25) is 0 Å². The van der Waals surface area contributed by atoms with Gasteiger partial charge in [0.05, 0.1) is 6.61 Å². The third-order valence-corrected chi connectivity index (χ3v) is 5.57. The van der Waals surface area contributed by atoms with Crippen molar-refractivity contribution in [2.45, 2.75) is 31.6 Å².